The van der Waals surface area contributed by atoms with Gasteiger partial charge >= 0.3 is 0 Å². The normalized spacial score (nSPS) is 11.2. The number of aryl methyl sites for hydroxylation is 1. The SMILES string of the molecule is Cc1cc([N-]S(=O)(=O)c2ccc(NC(=O)c3ccccc3Cl)cc2)no1. The molecule has 0 saturated carbocycles. The van der Waals surface area contributed by atoms with E-state index in [1.54, 1.807) is 31.2 Å². The molecule has 3 aromatic rings. The fourth-order valence-corrected chi connectivity index (χ4v) is 3.27. The van der Waals surface area contributed by atoms with E-state index >= 15 is 0 Å². The molecule has 0 aliphatic heterocycles. The van der Waals surface area contributed by atoms with Crippen molar-refractivity contribution in [3.63, 3.8) is 0 Å². The van der Waals surface area contributed by atoms with Gasteiger partial charge < -0.3 is 14.6 Å². The molecule has 0 atom stereocenters. The predicted molar refractivity (Wildman–Crippen MR) is 97.3 cm³/mol. The van der Waals surface area contributed by atoms with Gasteiger partial charge in [-0.05, 0) is 55.2 Å². The average Bonchev–Trinajstić information content (AvgIpc) is 3.00. The number of nitrogens with zero attached hydrogens (tertiary/aromatic N) is 2. The molecule has 134 valence electrons. The summed E-state index contributed by atoms with van der Waals surface area (Å²) in [6.45, 7) is 1.63. The molecule has 0 fully saturated rings. The maximum Gasteiger partial charge on any atom is 0.257 e. The lowest BCUT2D eigenvalue weighted by Gasteiger charge is -2.12. The number of hydrogen-bond donors (Lipinski definition) is 1. The zero-order chi connectivity index (χ0) is 18.7. The van der Waals surface area contributed by atoms with Crippen LogP contribution in [0.1, 0.15) is 16.1 Å². The quantitative estimate of drug-likeness (QED) is 0.700. The summed E-state index contributed by atoms with van der Waals surface area (Å²) in [5, 5.41) is 6.51. The number of rotatable bonds is 5. The fourth-order valence-electron chi connectivity index (χ4n) is 2.13. The molecule has 0 aliphatic carbocycles. The molecule has 0 aliphatic rings. The van der Waals surface area contributed by atoms with E-state index in [0.29, 0.717) is 22.0 Å². The number of carbonyl (C=O) groups excluding carboxylic acids is 1. The molecule has 0 radical (unpaired) electrons. The minimum absolute atomic E-state index is 0.0291. The second-order valence-electron chi connectivity index (χ2n) is 5.32. The molecule has 0 spiro atoms. The van der Waals surface area contributed by atoms with Gasteiger partial charge in [0, 0.05) is 5.69 Å². The Kier molecular flexibility index (Phi) is 4.97. The van der Waals surface area contributed by atoms with Crippen LogP contribution in [0, 0.1) is 6.92 Å². The van der Waals surface area contributed by atoms with Crippen LogP contribution in [0.5, 0.6) is 0 Å². The number of aromatic nitrogens is 1. The van der Waals surface area contributed by atoms with Crippen LogP contribution in [0.15, 0.2) is 64.0 Å². The van der Waals surface area contributed by atoms with Crippen LogP contribution in [0.2, 0.25) is 5.02 Å². The highest BCUT2D eigenvalue weighted by Gasteiger charge is 2.13. The van der Waals surface area contributed by atoms with E-state index in [0.717, 1.165) is 0 Å². The molecule has 26 heavy (non-hydrogen) atoms. The minimum Gasteiger partial charge on any atom is -0.460 e. The van der Waals surface area contributed by atoms with E-state index < -0.39 is 15.9 Å². The molecule has 0 saturated heterocycles. The lowest BCUT2D eigenvalue weighted by atomic mass is 10.2. The molecule has 3 rings (SSSR count). The van der Waals surface area contributed by atoms with Gasteiger partial charge in [0.05, 0.1) is 15.5 Å². The van der Waals surface area contributed by atoms with Gasteiger partial charge in [0.25, 0.3) is 5.91 Å². The van der Waals surface area contributed by atoms with Gasteiger partial charge in [-0.1, -0.05) is 23.7 Å². The van der Waals surface area contributed by atoms with Crippen molar-refractivity contribution in [1.82, 2.24) is 5.16 Å². The topological polar surface area (TPSA) is 103 Å². The van der Waals surface area contributed by atoms with E-state index in [4.69, 9.17) is 16.1 Å². The van der Waals surface area contributed by atoms with Crippen molar-refractivity contribution in [1.29, 1.82) is 0 Å². The number of halogens is 1. The standard InChI is InChI=1S/C17H14ClN3O4S/c1-11-10-16(20-25-11)21-26(23,24)13-8-6-12(7-9-13)19-17(22)14-4-2-3-5-15(14)18/h2-10H,1H3,(H2,19,20,21,22)/p-1. The third-order valence-electron chi connectivity index (χ3n) is 3.36. The maximum absolute atomic E-state index is 12.3. The molecule has 1 heterocycles. The Balaban J connectivity index is 1.74. The van der Waals surface area contributed by atoms with Crippen molar-refractivity contribution >= 4 is 39.0 Å². The molecular weight excluding hydrogens is 378 g/mol. The van der Waals surface area contributed by atoms with Crippen molar-refractivity contribution in [3.8, 4) is 0 Å². The van der Waals surface area contributed by atoms with Gasteiger partial charge in [0.1, 0.15) is 5.76 Å². The van der Waals surface area contributed by atoms with Crippen LogP contribution in [-0.2, 0) is 10.0 Å². The van der Waals surface area contributed by atoms with Crippen molar-refractivity contribution in [2.24, 2.45) is 0 Å². The molecule has 1 amide bonds. The van der Waals surface area contributed by atoms with Crippen LogP contribution in [0.4, 0.5) is 11.5 Å². The molecule has 9 heteroatoms. The summed E-state index contributed by atoms with van der Waals surface area (Å²) in [5.74, 6) is 0.0316. The van der Waals surface area contributed by atoms with Crippen LogP contribution >= 0.6 is 11.6 Å². The second kappa shape index (κ2) is 7.19. The van der Waals surface area contributed by atoms with Crippen molar-refractivity contribution < 1.29 is 17.7 Å². The van der Waals surface area contributed by atoms with E-state index in [2.05, 4.69) is 15.2 Å². The summed E-state index contributed by atoms with van der Waals surface area (Å²) in [6, 6.07) is 13.6. The highest BCUT2D eigenvalue weighted by atomic mass is 35.5. The second-order valence-corrected chi connectivity index (χ2v) is 7.33. The highest BCUT2D eigenvalue weighted by molar-refractivity contribution is 7.94. The lowest BCUT2D eigenvalue weighted by Crippen LogP contribution is -2.12. The summed E-state index contributed by atoms with van der Waals surface area (Å²) in [4.78, 5) is 12.2. The number of anilines is 1. The summed E-state index contributed by atoms with van der Waals surface area (Å²) in [6.07, 6.45) is 0. The summed E-state index contributed by atoms with van der Waals surface area (Å²) >= 11 is 5.98. The first-order chi connectivity index (χ1) is 12.3. The fraction of sp³-hybridized carbons (Fsp3) is 0.0588. The molecule has 7 nitrogen and oxygen atoms in total. The van der Waals surface area contributed by atoms with Gasteiger partial charge in [0.2, 0.25) is 10.0 Å². The van der Waals surface area contributed by atoms with Gasteiger partial charge in [0.15, 0.2) is 0 Å². The lowest BCUT2D eigenvalue weighted by molar-refractivity contribution is 0.102. The summed E-state index contributed by atoms with van der Waals surface area (Å²) in [5.41, 5.74) is 0.744. The van der Waals surface area contributed by atoms with Crippen molar-refractivity contribution in [2.75, 3.05) is 5.32 Å². The smallest absolute Gasteiger partial charge is 0.257 e. The Morgan fingerprint density at radius 2 is 1.85 bits per heavy atom. The van der Waals surface area contributed by atoms with E-state index in [1.165, 1.54) is 30.3 Å². The highest BCUT2D eigenvalue weighted by Crippen LogP contribution is 2.27. The molecule has 0 bridgehead atoms. The monoisotopic (exact) mass is 390 g/mol. The average molecular weight is 391 g/mol. The van der Waals surface area contributed by atoms with E-state index in [9.17, 15) is 13.2 Å². The first-order valence-corrected chi connectivity index (χ1v) is 9.24. The number of carbonyl (C=O) groups is 1. The number of sulfonamides is 1. The Bertz CT molecular complexity index is 1050. The maximum atomic E-state index is 12.3. The first kappa shape index (κ1) is 18.0. The Labute approximate surface area is 155 Å². The summed E-state index contributed by atoms with van der Waals surface area (Å²) < 4.78 is 32.9. The molecule has 1 N–H and O–H groups in total. The van der Waals surface area contributed by atoms with E-state index in [-0.39, 0.29) is 10.7 Å². The van der Waals surface area contributed by atoms with Crippen LogP contribution in [0.3, 0.4) is 0 Å². The number of benzene rings is 2. The van der Waals surface area contributed by atoms with Gasteiger partial charge in [-0.25, -0.2) is 8.42 Å². The van der Waals surface area contributed by atoms with Crippen LogP contribution in [-0.4, -0.2) is 19.5 Å². The minimum atomic E-state index is -3.94. The van der Waals surface area contributed by atoms with Gasteiger partial charge in [-0.2, -0.15) is 0 Å². The van der Waals surface area contributed by atoms with Crippen LogP contribution in [0.25, 0.3) is 4.72 Å². The third kappa shape index (κ3) is 4.04. The number of hydrogen-bond acceptors (Lipinski definition) is 5. The zero-order valence-electron chi connectivity index (χ0n) is 13.5. The summed E-state index contributed by atoms with van der Waals surface area (Å²) in [7, 11) is -3.94. The Morgan fingerprint density at radius 3 is 2.46 bits per heavy atom. The predicted octanol–water partition coefficient (Wildman–Crippen LogP) is 4.28. The Morgan fingerprint density at radius 1 is 1.15 bits per heavy atom. The van der Waals surface area contributed by atoms with E-state index in [1.807, 2.05) is 0 Å². The number of amides is 1. The first-order valence-electron chi connectivity index (χ1n) is 7.42. The number of nitrogens with one attached hydrogen (secondary N) is 1. The van der Waals surface area contributed by atoms with Gasteiger partial charge in [-0.15, -0.1) is 0 Å². The Hall–Kier alpha value is -2.84. The van der Waals surface area contributed by atoms with Crippen LogP contribution < -0.4 is 5.32 Å². The molecular formula is C17H13ClN3O4S-. The molecule has 2 aromatic carbocycles. The van der Waals surface area contributed by atoms with Crippen molar-refractivity contribution in [3.05, 3.63) is 75.7 Å². The van der Waals surface area contributed by atoms with Crippen molar-refractivity contribution in [2.45, 2.75) is 11.8 Å². The zero-order valence-corrected chi connectivity index (χ0v) is 15.1. The third-order valence-corrected chi connectivity index (χ3v) is 4.98. The largest absolute Gasteiger partial charge is 0.460 e. The molecule has 0 unspecified atom stereocenters. The molecule has 1 aromatic heterocycles. The van der Waals surface area contributed by atoms with Gasteiger partial charge in [-0.3, -0.25) is 9.95 Å².